The van der Waals surface area contributed by atoms with Crippen LogP contribution in [0.25, 0.3) is 0 Å². The lowest BCUT2D eigenvalue weighted by Gasteiger charge is -2.52. The number of nitrogens with zero attached hydrogens (tertiary/aromatic N) is 3. The number of hydrogen-bond donors (Lipinski definition) is 0. The maximum Gasteiger partial charge on any atom is 0.629 e. The summed E-state index contributed by atoms with van der Waals surface area (Å²) >= 11 is 103. The Morgan fingerprint density at radius 2 is 0.393 bits per heavy atom. The zero-order valence-electron chi connectivity index (χ0n) is 11.7. The highest BCUT2D eigenvalue weighted by Crippen LogP contribution is 2.55. The van der Waals surface area contributed by atoms with E-state index >= 15 is 0 Å². The third kappa shape index (κ3) is 10.3. The standard InChI is InChI=1S/3C2Cl6N.Al/c3*3-1(4,5)9-2(6,7)8;/q3*-1;+3. The fourth-order valence-corrected chi connectivity index (χ4v) is 12.0. The Bertz CT molecular complexity index is 400. The Balaban J connectivity index is 7.30. The predicted octanol–water partition coefficient (Wildman–Crippen LogP) is 9.84. The van der Waals surface area contributed by atoms with Crippen molar-refractivity contribution in [1.29, 1.82) is 0 Å². The molecule has 0 amide bonds. The van der Waals surface area contributed by atoms with Gasteiger partial charge in [0.2, 0.25) is 23.5 Å². The molecule has 0 aliphatic carbocycles. The van der Waals surface area contributed by atoms with Crippen molar-refractivity contribution in [1.82, 2.24) is 11.7 Å². The molecular weight excluding hydrogens is 779 g/mol. The summed E-state index contributed by atoms with van der Waals surface area (Å²) in [5, 5.41) is 0. The Morgan fingerprint density at radius 3 is 0.464 bits per heavy atom. The minimum Gasteiger partial charge on any atom is -0.268 e. The minimum absolute atomic E-state index is 0.447. The largest absolute Gasteiger partial charge is 0.629 e. The van der Waals surface area contributed by atoms with Crippen LogP contribution >= 0.6 is 209 Å². The van der Waals surface area contributed by atoms with Crippen LogP contribution in [0.2, 0.25) is 0 Å². The van der Waals surface area contributed by atoms with Crippen LogP contribution in [0.3, 0.4) is 0 Å². The van der Waals surface area contributed by atoms with Gasteiger partial charge in [0, 0.05) is 0 Å². The van der Waals surface area contributed by atoms with Gasteiger partial charge in [-0.15, -0.1) is 0 Å². The fourth-order valence-electron chi connectivity index (χ4n) is 1.56. The van der Waals surface area contributed by atoms with Crippen molar-refractivity contribution in [2.24, 2.45) is 0 Å². The summed E-state index contributed by atoms with van der Waals surface area (Å²) in [6.45, 7) is 0. The molecule has 0 aliphatic rings. The van der Waals surface area contributed by atoms with Gasteiger partial charge in [0.15, 0.2) is 0 Å². The lowest BCUT2D eigenvalue weighted by atomic mass is 11.1. The van der Waals surface area contributed by atoms with Gasteiger partial charge in [0.1, 0.15) is 0 Å². The molecule has 0 bridgehead atoms. The Kier molecular flexibility index (Phi) is 13.6. The summed E-state index contributed by atoms with van der Waals surface area (Å²) in [6.07, 6.45) is 0. The molecule has 0 saturated heterocycles. The number of hydrogen-bond acceptors (Lipinski definition) is 3. The van der Waals surface area contributed by atoms with E-state index in [-0.39, 0.29) is 0 Å². The molecule has 28 heavy (non-hydrogen) atoms. The average molecular weight is 779 g/mol. The van der Waals surface area contributed by atoms with E-state index in [1.54, 1.807) is 0 Å². The van der Waals surface area contributed by atoms with Crippen molar-refractivity contribution >= 4 is 224 Å². The van der Waals surface area contributed by atoms with Crippen LogP contribution in [0.4, 0.5) is 0 Å². The molecule has 0 heterocycles. The molecule has 0 saturated carbocycles. The molecule has 0 aromatic rings. The van der Waals surface area contributed by atoms with E-state index in [4.69, 9.17) is 209 Å². The van der Waals surface area contributed by atoms with Crippen LogP contribution < -0.4 is 0 Å². The topological polar surface area (TPSA) is 9.72 Å². The maximum absolute atomic E-state index is 5.93. The van der Waals surface area contributed by atoms with Crippen LogP contribution in [0, 0.1) is 0 Å². The SMILES string of the molecule is ClC(Cl)(Cl)[N]([Al]([N](C(Cl)(Cl)Cl)C(Cl)(Cl)Cl)[N](C(Cl)(Cl)Cl)C(Cl)(Cl)Cl)C(Cl)(Cl)Cl. The highest BCUT2D eigenvalue weighted by molar-refractivity contribution is 6.83. The third-order valence-electron chi connectivity index (χ3n) is 2.33. The molecule has 168 valence electrons. The maximum atomic E-state index is 5.93. The first-order valence-corrected chi connectivity index (χ1v) is 13.9. The van der Waals surface area contributed by atoms with Gasteiger partial charge >= 0.3 is 14.8 Å². The normalized spacial score (nSPS) is 15.8. The van der Waals surface area contributed by atoms with E-state index in [1.165, 1.54) is 0 Å². The molecule has 0 atom stereocenters. The summed E-state index contributed by atoms with van der Waals surface area (Å²) < 4.78 is -14.3. The van der Waals surface area contributed by atoms with Crippen molar-refractivity contribution < 1.29 is 0 Å². The van der Waals surface area contributed by atoms with E-state index in [1.807, 2.05) is 0 Å². The van der Waals surface area contributed by atoms with Crippen molar-refractivity contribution in [3.63, 3.8) is 0 Å². The molecule has 0 fully saturated rings. The molecule has 0 N–H and O–H groups in total. The molecule has 0 aromatic heterocycles. The van der Waals surface area contributed by atoms with Gasteiger partial charge in [0.25, 0.3) is 0 Å². The zero-order valence-corrected chi connectivity index (χ0v) is 26.5. The van der Waals surface area contributed by atoms with E-state index < -0.39 is 38.3 Å². The molecule has 0 aliphatic heterocycles. The first kappa shape index (κ1) is 33.6. The summed E-state index contributed by atoms with van der Waals surface area (Å²) in [5.41, 5.74) is 0. The van der Waals surface area contributed by atoms with Crippen LogP contribution in [-0.2, 0) is 0 Å². The van der Waals surface area contributed by atoms with Crippen LogP contribution in [-0.4, -0.2) is 50.0 Å². The highest BCUT2D eigenvalue weighted by Gasteiger charge is 2.69. The second kappa shape index (κ2) is 11.4. The quantitative estimate of drug-likeness (QED) is 0.161. The Hall–Kier alpha value is 5.63. The summed E-state index contributed by atoms with van der Waals surface area (Å²) in [5.74, 6) is 0. The monoisotopic (exact) mass is 770 g/mol. The smallest absolute Gasteiger partial charge is 0.268 e. The summed E-state index contributed by atoms with van der Waals surface area (Å²) in [4.78, 5) is 0. The van der Waals surface area contributed by atoms with Crippen molar-refractivity contribution in [2.75, 3.05) is 0 Å². The van der Waals surface area contributed by atoms with Crippen molar-refractivity contribution in [3.8, 4) is 0 Å². The minimum atomic E-state index is -4.20. The second-order valence-corrected chi connectivity index (χ2v) is 19.8. The molecule has 0 rings (SSSR count). The van der Waals surface area contributed by atoms with Crippen LogP contribution in [0.1, 0.15) is 0 Å². The number of alkyl halides is 18. The van der Waals surface area contributed by atoms with Gasteiger partial charge in [-0.25, -0.2) is 0 Å². The predicted molar refractivity (Wildman–Crippen MR) is 133 cm³/mol. The van der Waals surface area contributed by atoms with Crippen molar-refractivity contribution in [2.45, 2.75) is 23.5 Å². The summed E-state index contributed by atoms with van der Waals surface area (Å²) in [6, 6.07) is 0. The van der Waals surface area contributed by atoms with E-state index in [0.29, 0.717) is 11.7 Å². The second-order valence-electron chi connectivity index (χ2n) is 4.26. The van der Waals surface area contributed by atoms with Gasteiger partial charge in [-0.05, 0) is 0 Å². The fraction of sp³-hybridized carbons (Fsp3) is 1.00. The van der Waals surface area contributed by atoms with Gasteiger partial charge < -0.3 is 0 Å². The van der Waals surface area contributed by atoms with E-state index in [9.17, 15) is 0 Å². The number of halogens is 18. The van der Waals surface area contributed by atoms with Gasteiger partial charge in [0.05, 0.1) is 0 Å². The van der Waals surface area contributed by atoms with Crippen LogP contribution in [0.15, 0.2) is 0 Å². The average Bonchev–Trinajstić information content (AvgIpc) is 2.13. The first-order valence-electron chi connectivity index (χ1n) is 5.52. The Morgan fingerprint density at radius 1 is 0.286 bits per heavy atom. The van der Waals surface area contributed by atoms with E-state index in [0.717, 1.165) is 0 Å². The number of rotatable bonds is 3. The molecule has 0 unspecified atom stereocenters. The Labute approximate surface area is 255 Å². The van der Waals surface area contributed by atoms with Crippen molar-refractivity contribution in [3.05, 3.63) is 0 Å². The highest BCUT2D eigenvalue weighted by atomic mass is 35.6. The van der Waals surface area contributed by atoms with E-state index in [2.05, 4.69) is 0 Å². The molecule has 22 heteroatoms. The molecular formula is C6AlCl18N3. The first-order chi connectivity index (χ1) is 11.7. The molecule has 3 nitrogen and oxygen atoms in total. The molecule has 0 spiro atoms. The summed E-state index contributed by atoms with van der Waals surface area (Å²) in [7, 11) is 0. The lowest BCUT2D eigenvalue weighted by Crippen LogP contribution is -2.76. The zero-order chi connectivity index (χ0) is 23.3. The molecule has 0 radical (unpaired) electrons. The van der Waals surface area contributed by atoms with Gasteiger partial charge in [-0.2, -0.15) is 0 Å². The van der Waals surface area contributed by atoms with Gasteiger partial charge in [-0.3, -0.25) is 11.7 Å². The third-order valence-corrected chi connectivity index (χ3v) is 12.3. The lowest BCUT2D eigenvalue weighted by molar-refractivity contribution is 0.261. The van der Waals surface area contributed by atoms with Crippen LogP contribution in [0.5, 0.6) is 0 Å². The molecule has 0 aromatic carbocycles. The van der Waals surface area contributed by atoms with Gasteiger partial charge in [-0.1, -0.05) is 209 Å².